The van der Waals surface area contributed by atoms with Gasteiger partial charge in [0.05, 0.1) is 11.7 Å². The topological polar surface area (TPSA) is 81.6 Å². The van der Waals surface area contributed by atoms with E-state index in [9.17, 15) is 9.90 Å². The van der Waals surface area contributed by atoms with Gasteiger partial charge < -0.3 is 15.3 Å². The Hall–Kier alpha value is -1.73. The highest BCUT2D eigenvalue weighted by Crippen LogP contribution is 2.53. The molecule has 0 bridgehead atoms. The van der Waals surface area contributed by atoms with Gasteiger partial charge in [0.1, 0.15) is 0 Å². The van der Waals surface area contributed by atoms with Gasteiger partial charge in [-0.25, -0.2) is 9.97 Å². The molecule has 7 heteroatoms. The van der Waals surface area contributed by atoms with Crippen LogP contribution in [0.1, 0.15) is 63.7 Å². The molecular formula is C23H37N5O2. The first-order valence-corrected chi connectivity index (χ1v) is 11.4. The monoisotopic (exact) mass is 415 g/mol. The smallest absolute Gasteiger partial charge is 0.254 e. The lowest BCUT2D eigenvalue weighted by Gasteiger charge is -2.57. The molecule has 1 amide bonds. The molecule has 166 valence electrons. The lowest BCUT2D eigenvalue weighted by atomic mass is 9.52. The van der Waals surface area contributed by atoms with E-state index < -0.39 is 0 Å². The maximum absolute atomic E-state index is 12.7. The summed E-state index contributed by atoms with van der Waals surface area (Å²) in [6.07, 6.45) is 7.82. The first-order valence-electron chi connectivity index (χ1n) is 11.4. The number of hydrogen-bond donors (Lipinski definition) is 2. The molecule has 0 radical (unpaired) electrons. The first kappa shape index (κ1) is 21.5. The Morgan fingerprint density at radius 1 is 1.13 bits per heavy atom. The number of likely N-dealkylation sites (tertiary alicyclic amines) is 1. The molecule has 1 aromatic heterocycles. The zero-order valence-electron chi connectivity index (χ0n) is 18.9. The van der Waals surface area contributed by atoms with Crippen LogP contribution in [0.15, 0.2) is 12.4 Å². The second-order valence-electron chi connectivity index (χ2n) is 11.0. The number of carbonyl (C=O) groups excluding carboxylic acids is 1. The van der Waals surface area contributed by atoms with E-state index in [-0.39, 0.29) is 28.9 Å². The van der Waals surface area contributed by atoms with Crippen LogP contribution < -0.4 is 10.2 Å². The minimum atomic E-state index is -0.110. The largest absolute Gasteiger partial charge is 0.390 e. The van der Waals surface area contributed by atoms with E-state index in [4.69, 9.17) is 0 Å². The Morgan fingerprint density at radius 2 is 1.73 bits per heavy atom. The zero-order valence-corrected chi connectivity index (χ0v) is 18.9. The number of carbonyl (C=O) groups is 1. The number of aliphatic hydroxyl groups is 1. The molecule has 1 aliphatic carbocycles. The fourth-order valence-electron chi connectivity index (χ4n) is 6.02. The van der Waals surface area contributed by atoms with Gasteiger partial charge in [0, 0.05) is 44.6 Å². The van der Waals surface area contributed by atoms with Crippen molar-refractivity contribution >= 4 is 11.9 Å². The summed E-state index contributed by atoms with van der Waals surface area (Å²) in [7, 11) is 0. The molecule has 7 nitrogen and oxygen atoms in total. The molecular weight excluding hydrogens is 378 g/mol. The molecule has 3 fully saturated rings. The quantitative estimate of drug-likeness (QED) is 0.742. The molecule has 0 aromatic carbocycles. The summed E-state index contributed by atoms with van der Waals surface area (Å²) in [4.78, 5) is 26.3. The maximum atomic E-state index is 12.7. The third kappa shape index (κ3) is 4.47. The van der Waals surface area contributed by atoms with Crippen LogP contribution in [0.5, 0.6) is 0 Å². The van der Waals surface area contributed by atoms with E-state index in [1.54, 1.807) is 12.4 Å². The summed E-state index contributed by atoms with van der Waals surface area (Å²) in [6.45, 7) is 13.5. The molecule has 2 aliphatic heterocycles. The third-order valence-electron chi connectivity index (χ3n) is 7.34. The SMILES string of the molecule is CC1(C)CC(C)(C)C1NC(=O)c1cnc(N2CCC(CCN3CC(O)C3)CC2)nc1. The van der Waals surface area contributed by atoms with Crippen molar-refractivity contribution in [2.24, 2.45) is 16.7 Å². The van der Waals surface area contributed by atoms with Crippen molar-refractivity contribution in [2.75, 3.05) is 37.6 Å². The number of nitrogens with zero attached hydrogens (tertiary/aromatic N) is 4. The number of hydrogen-bond acceptors (Lipinski definition) is 6. The van der Waals surface area contributed by atoms with Gasteiger partial charge >= 0.3 is 0 Å². The van der Waals surface area contributed by atoms with Gasteiger partial charge in [-0.2, -0.15) is 0 Å². The number of piperidine rings is 1. The summed E-state index contributed by atoms with van der Waals surface area (Å²) < 4.78 is 0. The summed E-state index contributed by atoms with van der Waals surface area (Å²) in [5, 5.41) is 12.6. The number of amides is 1. The molecule has 0 unspecified atom stereocenters. The second kappa shape index (κ2) is 8.08. The molecule has 0 spiro atoms. The molecule has 4 rings (SSSR count). The summed E-state index contributed by atoms with van der Waals surface area (Å²) >= 11 is 0. The van der Waals surface area contributed by atoms with Crippen molar-refractivity contribution in [1.29, 1.82) is 0 Å². The maximum Gasteiger partial charge on any atom is 0.254 e. The van der Waals surface area contributed by atoms with Crippen molar-refractivity contribution in [3.05, 3.63) is 18.0 Å². The Morgan fingerprint density at radius 3 is 2.27 bits per heavy atom. The van der Waals surface area contributed by atoms with E-state index >= 15 is 0 Å². The van der Waals surface area contributed by atoms with Crippen LogP contribution in [0, 0.1) is 16.7 Å². The van der Waals surface area contributed by atoms with Crippen molar-refractivity contribution in [3.8, 4) is 0 Å². The minimum Gasteiger partial charge on any atom is -0.390 e. The lowest BCUT2D eigenvalue weighted by molar-refractivity contribution is -0.0366. The van der Waals surface area contributed by atoms with Crippen molar-refractivity contribution < 1.29 is 9.90 Å². The number of aromatic nitrogens is 2. The van der Waals surface area contributed by atoms with Crippen LogP contribution in [0.3, 0.4) is 0 Å². The van der Waals surface area contributed by atoms with Crippen molar-refractivity contribution in [3.63, 3.8) is 0 Å². The van der Waals surface area contributed by atoms with Gasteiger partial charge in [0.2, 0.25) is 5.95 Å². The van der Waals surface area contributed by atoms with Crippen molar-refractivity contribution in [1.82, 2.24) is 20.2 Å². The van der Waals surface area contributed by atoms with Crippen LogP contribution >= 0.6 is 0 Å². The summed E-state index contributed by atoms with van der Waals surface area (Å²) in [5.41, 5.74) is 0.781. The van der Waals surface area contributed by atoms with Gasteiger partial charge in [-0.05, 0) is 49.0 Å². The molecule has 2 N–H and O–H groups in total. The predicted octanol–water partition coefficient (Wildman–Crippen LogP) is 2.31. The number of nitrogens with one attached hydrogen (secondary N) is 1. The van der Waals surface area contributed by atoms with Crippen molar-refractivity contribution in [2.45, 2.75) is 65.5 Å². The molecule has 1 aromatic rings. The molecule has 30 heavy (non-hydrogen) atoms. The number of anilines is 1. The number of aliphatic hydroxyl groups excluding tert-OH is 1. The van der Waals surface area contributed by atoms with Crippen LogP contribution in [-0.4, -0.2) is 70.8 Å². The highest BCUT2D eigenvalue weighted by molar-refractivity contribution is 5.94. The Bertz CT molecular complexity index is 735. The normalized spacial score (nSPS) is 24.9. The summed E-state index contributed by atoms with van der Waals surface area (Å²) in [6, 6.07) is 0.163. The number of rotatable bonds is 6. The Kier molecular flexibility index (Phi) is 5.79. The summed E-state index contributed by atoms with van der Waals surface area (Å²) in [5.74, 6) is 1.38. The minimum absolute atomic E-state index is 0.0813. The molecule has 0 atom stereocenters. The van der Waals surface area contributed by atoms with Crippen LogP contribution in [0.25, 0.3) is 0 Å². The van der Waals surface area contributed by atoms with Crippen LogP contribution in [0.2, 0.25) is 0 Å². The standard InChI is InChI=1S/C23H37N5O2/c1-22(2)15-23(3,4)20(22)26-19(30)17-11-24-21(25-12-17)28-9-6-16(7-10-28)5-8-27-13-18(29)14-27/h11-12,16,18,20,29H,5-10,13-15H2,1-4H3,(H,26,30). The fraction of sp³-hybridized carbons (Fsp3) is 0.783. The highest BCUT2D eigenvalue weighted by Gasteiger charge is 2.53. The zero-order chi connectivity index (χ0) is 21.5. The van der Waals surface area contributed by atoms with E-state index in [0.717, 1.165) is 63.9 Å². The Balaban J connectivity index is 1.25. The number of β-amino-alcohol motifs (C(OH)–C–C–N with tert-alkyl or cyclic N) is 1. The van der Waals surface area contributed by atoms with Crippen LogP contribution in [0.4, 0.5) is 5.95 Å². The second-order valence-corrected chi connectivity index (χ2v) is 11.0. The fourth-order valence-corrected chi connectivity index (χ4v) is 6.02. The average molecular weight is 416 g/mol. The first-order chi connectivity index (χ1) is 14.1. The van der Waals surface area contributed by atoms with Gasteiger partial charge in [0.25, 0.3) is 5.91 Å². The van der Waals surface area contributed by atoms with E-state index in [2.05, 4.69) is 52.8 Å². The van der Waals surface area contributed by atoms with Gasteiger partial charge in [-0.15, -0.1) is 0 Å². The third-order valence-corrected chi connectivity index (χ3v) is 7.34. The lowest BCUT2D eigenvalue weighted by Crippen LogP contribution is -2.63. The molecule has 3 aliphatic rings. The average Bonchev–Trinajstić information content (AvgIpc) is 2.68. The predicted molar refractivity (Wildman–Crippen MR) is 117 cm³/mol. The Labute approximate surface area is 180 Å². The molecule has 1 saturated carbocycles. The molecule has 2 saturated heterocycles. The van der Waals surface area contributed by atoms with E-state index in [1.165, 1.54) is 6.42 Å². The van der Waals surface area contributed by atoms with Gasteiger partial charge in [0.15, 0.2) is 0 Å². The highest BCUT2D eigenvalue weighted by atomic mass is 16.3. The van der Waals surface area contributed by atoms with E-state index in [1.807, 2.05) is 0 Å². The van der Waals surface area contributed by atoms with Gasteiger partial charge in [-0.1, -0.05) is 27.7 Å². The van der Waals surface area contributed by atoms with Gasteiger partial charge in [-0.3, -0.25) is 9.69 Å². The van der Waals surface area contributed by atoms with Crippen LogP contribution in [-0.2, 0) is 0 Å². The van der Waals surface area contributed by atoms with E-state index in [0.29, 0.717) is 5.56 Å². The molecule has 3 heterocycles.